The summed E-state index contributed by atoms with van der Waals surface area (Å²) in [5.41, 5.74) is 2.15. The minimum absolute atomic E-state index is 0.302. The van der Waals surface area contributed by atoms with Crippen LogP contribution in [-0.2, 0) is 6.42 Å². The molecule has 0 saturated carbocycles. The van der Waals surface area contributed by atoms with E-state index in [0.29, 0.717) is 18.3 Å². The van der Waals surface area contributed by atoms with Gasteiger partial charge in [-0.05, 0) is 43.0 Å². The molecule has 0 bridgehead atoms. The van der Waals surface area contributed by atoms with E-state index in [-0.39, 0.29) is 0 Å². The third kappa shape index (κ3) is 5.21. The van der Waals surface area contributed by atoms with Crippen molar-refractivity contribution >= 4 is 0 Å². The number of aryl methyl sites for hydroxylation is 1. The highest BCUT2D eigenvalue weighted by Gasteiger charge is 2.09. The second kappa shape index (κ2) is 7.81. The summed E-state index contributed by atoms with van der Waals surface area (Å²) >= 11 is 0. The van der Waals surface area contributed by atoms with Gasteiger partial charge in [-0.2, -0.15) is 0 Å². The lowest BCUT2D eigenvalue weighted by Gasteiger charge is -2.17. The summed E-state index contributed by atoms with van der Waals surface area (Å²) in [4.78, 5) is 0. The molecule has 3 heteroatoms. The number of hydrogen-bond acceptors (Lipinski definition) is 3. The van der Waals surface area contributed by atoms with Crippen molar-refractivity contribution in [2.45, 2.75) is 31.9 Å². The smallest absolute Gasteiger partial charge is 0.115 e. The minimum atomic E-state index is -0.470. The third-order valence-electron chi connectivity index (χ3n) is 3.65. The van der Waals surface area contributed by atoms with Gasteiger partial charge in [0.15, 0.2) is 0 Å². The Morgan fingerprint density at radius 1 is 1.00 bits per heavy atom. The van der Waals surface area contributed by atoms with Crippen molar-refractivity contribution < 1.29 is 10.2 Å². The van der Waals surface area contributed by atoms with Gasteiger partial charge < -0.3 is 15.5 Å². The number of aliphatic hydroxyl groups is 1. The van der Waals surface area contributed by atoms with Crippen molar-refractivity contribution in [3.05, 3.63) is 65.7 Å². The zero-order valence-electron chi connectivity index (χ0n) is 12.4. The molecular weight excluding hydrogens is 262 g/mol. The number of phenols is 1. The molecular formula is C18H23NO2. The van der Waals surface area contributed by atoms with Gasteiger partial charge in [-0.15, -0.1) is 0 Å². The molecule has 0 radical (unpaired) electrons. The van der Waals surface area contributed by atoms with Crippen LogP contribution in [0.15, 0.2) is 54.6 Å². The second-order valence-electron chi connectivity index (χ2n) is 5.44. The lowest BCUT2D eigenvalue weighted by Crippen LogP contribution is -2.30. The molecule has 0 fully saturated rings. The van der Waals surface area contributed by atoms with E-state index >= 15 is 0 Å². The first kappa shape index (κ1) is 15.5. The summed E-state index contributed by atoms with van der Waals surface area (Å²) in [5, 5.41) is 22.7. The van der Waals surface area contributed by atoms with E-state index in [4.69, 9.17) is 0 Å². The highest BCUT2D eigenvalue weighted by molar-refractivity contribution is 5.26. The van der Waals surface area contributed by atoms with Gasteiger partial charge in [-0.3, -0.25) is 0 Å². The van der Waals surface area contributed by atoms with Crippen LogP contribution in [0.4, 0.5) is 0 Å². The molecule has 0 aromatic heterocycles. The van der Waals surface area contributed by atoms with Gasteiger partial charge >= 0.3 is 0 Å². The van der Waals surface area contributed by atoms with Crippen molar-refractivity contribution in [2.24, 2.45) is 0 Å². The first-order valence-electron chi connectivity index (χ1n) is 7.39. The van der Waals surface area contributed by atoms with Crippen LogP contribution in [-0.4, -0.2) is 22.8 Å². The number of aromatic hydroxyl groups is 1. The quantitative estimate of drug-likeness (QED) is 0.733. The van der Waals surface area contributed by atoms with Gasteiger partial charge in [-0.1, -0.05) is 42.5 Å². The monoisotopic (exact) mass is 285 g/mol. The Morgan fingerprint density at radius 3 is 2.33 bits per heavy atom. The fourth-order valence-electron chi connectivity index (χ4n) is 2.25. The van der Waals surface area contributed by atoms with Gasteiger partial charge in [0.25, 0.3) is 0 Å². The summed E-state index contributed by atoms with van der Waals surface area (Å²) in [5.74, 6) is 0.302. The molecule has 2 aromatic rings. The molecule has 3 N–H and O–H groups in total. The van der Waals surface area contributed by atoms with Crippen molar-refractivity contribution in [3.63, 3.8) is 0 Å². The van der Waals surface area contributed by atoms with Gasteiger partial charge in [-0.25, -0.2) is 0 Å². The molecule has 0 amide bonds. The van der Waals surface area contributed by atoms with E-state index in [1.54, 1.807) is 12.1 Å². The Kier molecular flexibility index (Phi) is 5.78. The molecule has 0 aliphatic heterocycles. The van der Waals surface area contributed by atoms with Crippen molar-refractivity contribution in [1.82, 2.24) is 5.32 Å². The zero-order valence-corrected chi connectivity index (χ0v) is 12.4. The average molecular weight is 285 g/mol. The SMILES string of the molecule is C[C@@H](CCc1ccc(O)cc1)NC[C@@H](O)c1ccccc1. The summed E-state index contributed by atoms with van der Waals surface area (Å²) in [7, 11) is 0. The maximum Gasteiger partial charge on any atom is 0.115 e. The second-order valence-corrected chi connectivity index (χ2v) is 5.44. The molecule has 2 rings (SSSR count). The van der Waals surface area contributed by atoms with E-state index in [1.165, 1.54) is 5.56 Å². The first-order chi connectivity index (χ1) is 10.1. The first-order valence-corrected chi connectivity index (χ1v) is 7.39. The summed E-state index contributed by atoms with van der Waals surface area (Å²) in [6, 6.07) is 17.3. The van der Waals surface area contributed by atoms with Gasteiger partial charge in [0.2, 0.25) is 0 Å². The Morgan fingerprint density at radius 2 is 1.67 bits per heavy atom. The molecule has 3 nitrogen and oxygen atoms in total. The van der Waals surface area contributed by atoms with Crippen LogP contribution in [0.1, 0.15) is 30.6 Å². The number of phenolic OH excluding ortho intramolecular Hbond substituents is 1. The predicted molar refractivity (Wildman–Crippen MR) is 85.3 cm³/mol. The Balaban J connectivity index is 1.72. The largest absolute Gasteiger partial charge is 0.508 e. The van der Waals surface area contributed by atoms with Crippen molar-refractivity contribution in [1.29, 1.82) is 0 Å². The van der Waals surface area contributed by atoms with E-state index in [1.807, 2.05) is 42.5 Å². The average Bonchev–Trinajstić information content (AvgIpc) is 2.53. The molecule has 0 spiro atoms. The van der Waals surface area contributed by atoms with Crippen molar-refractivity contribution in [2.75, 3.05) is 6.54 Å². The Hall–Kier alpha value is -1.84. The van der Waals surface area contributed by atoms with E-state index < -0.39 is 6.10 Å². The number of benzene rings is 2. The number of nitrogens with one attached hydrogen (secondary N) is 1. The molecule has 0 aliphatic carbocycles. The normalized spacial score (nSPS) is 13.8. The molecule has 0 saturated heterocycles. The van der Waals surface area contributed by atoms with Crippen LogP contribution in [0, 0.1) is 0 Å². The highest BCUT2D eigenvalue weighted by Crippen LogP contribution is 2.13. The maximum atomic E-state index is 10.1. The van der Waals surface area contributed by atoms with E-state index in [0.717, 1.165) is 18.4 Å². The molecule has 0 unspecified atom stereocenters. The lowest BCUT2D eigenvalue weighted by atomic mass is 10.1. The van der Waals surface area contributed by atoms with Gasteiger partial charge in [0, 0.05) is 12.6 Å². The molecule has 2 aromatic carbocycles. The number of aliphatic hydroxyl groups excluding tert-OH is 1. The summed E-state index contributed by atoms with van der Waals surface area (Å²) in [6.07, 6.45) is 1.48. The standard InChI is InChI=1S/C18H23NO2/c1-14(7-8-15-9-11-17(20)12-10-15)19-13-18(21)16-5-3-2-4-6-16/h2-6,9-12,14,18-21H,7-8,13H2,1H3/t14-,18+/m0/s1. The van der Waals surface area contributed by atoms with Gasteiger partial charge in [0.05, 0.1) is 6.10 Å². The maximum absolute atomic E-state index is 10.1. The van der Waals surface area contributed by atoms with Crippen LogP contribution in [0.3, 0.4) is 0 Å². The number of rotatable bonds is 7. The molecule has 2 atom stereocenters. The highest BCUT2D eigenvalue weighted by atomic mass is 16.3. The lowest BCUT2D eigenvalue weighted by molar-refractivity contribution is 0.170. The van der Waals surface area contributed by atoms with Crippen LogP contribution in [0.25, 0.3) is 0 Å². The molecule has 0 aliphatic rings. The van der Waals surface area contributed by atoms with Crippen molar-refractivity contribution in [3.8, 4) is 5.75 Å². The minimum Gasteiger partial charge on any atom is -0.508 e. The molecule has 112 valence electrons. The van der Waals surface area contributed by atoms with E-state index in [9.17, 15) is 10.2 Å². The fourth-order valence-corrected chi connectivity index (χ4v) is 2.25. The predicted octanol–water partition coefficient (Wildman–Crippen LogP) is 3.04. The van der Waals surface area contributed by atoms with Crippen LogP contribution in [0.5, 0.6) is 5.75 Å². The summed E-state index contributed by atoms with van der Waals surface area (Å²) in [6.45, 7) is 2.68. The van der Waals surface area contributed by atoms with Crippen LogP contribution in [0.2, 0.25) is 0 Å². The molecule has 21 heavy (non-hydrogen) atoms. The number of hydrogen-bond donors (Lipinski definition) is 3. The zero-order chi connectivity index (χ0) is 15.1. The fraction of sp³-hybridized carbons (Fsp3) is 0.333. The van der Waals surface area contributed by atoms with Crippen LogP contribution >= 0.6 is 0 Å². The van der Waals surface area contributed by atoms with Gasteiger partial charge in [0.1, 0.15) is 5.75 Å². The summed E-state index contributed by atoms with van der Waals surface area (Å²) < 4.78 is 0. The topological polar surface area (TPSA) is 52.5 Å². The third-order valence-corrected chi connectivity index (χ3v) is 3.65. The van der Waals surface area contributed by atoms with Crippen LogP contribution < -0.4 is 5.32 Å². The molecule has 0 heterocycles. The Bertz CT molecular complexity index is 525. The van der Waals surface area contributed by atoms with E-state index in [2.05, 4.69) is 12.2 Å². The Labute approximate surface area is 126 Å².